The predicted molar refractivity (Wildman–Crippen MR) is 82.4 cm³/mol. The first kappa shape index (κ1) is 17.0. The fraction of sp³-hybridized carbons (Fsp3) is 0. The van der Waals surface area contributed by atoms with Gasteiger partial charge in [-0.05, 0) is 12.1 Å². The maximum atomic E-state index is 12.4. The molecule has 0 aliphatic heterocycles. The lowest BCUT2D eigenvalue weighted by atomic mass is 10.0. The van der Waals surface area contributed by atoms with Gasteiger partial charge in [-0.2, -0.15) is 0 Å². The molecule has 0 aliphatic carbocycles. The molecular weight excluding hydrogens is 371 g/mol. The lowest BCUT2D eigenvalue weighted by Crippen LogP contribution is -2.11. The van der Waals surface area contributed by atoms with E-state index < -0.39 is 33.7 Å². The topological polar surface area (TPSA) is 85.3 Å². The molecule has 0 saturated carbocycles. The van der Waals surface area contributed by atoms with Crippen molar-refractivity contribution in [3.63, 3.8) is 0 Å². The van der Waals surface area contributed by atoms with Crippen molar-refractivity contribution in [3.8, 4) is 0 Å². The van der Waals surface area contributed by atoms with Crippen LogP contribution >= 0.6 is 21.4 Å². The van der Waals surface area contributed by atoms with E-state index in [-0.39, 0.29) is 11.1 Å². The summed E-state index contributed by atoms with van der Waals surface area (Å²) < 4.78 is 46.6. The highest BCUT2D eigenvalue weighted by atomic mass is 35.7. The monoisotopic (exact) mass is 378 g/mol. The summed E-state index contributed by atoms with van der Waals surface area (Å²) in [6, 6.07) is 11.2. The average molecular weight is 379 g/mol. The van der Waals surface area contributed by atoms with Gasteiger partial charge >= 0.3 is 0 Å². The standard InChI is InChI=1S/C13H8Cl2O5S2/c14-21(17,18)11-8-4-7-10(13(11)22(15,19)20)12(16)9-5-2-1-3-6-9/h1-8H. The number of carbonyl (C=O) groups excluding carboxylic acids is 1. The zero-order valence-corrected chi connectivity index (χ0v) is 13.9. The lowest BCUT2D eigenvalue weighted by Gasteiger charge is -2.09. The van der Waals surface area contributed by atoms with Crippen LogP contribution in [0.4, 0.5) is 0 Å². The Morgan fingerprint density at radius 2 is 1.36 bits per heavy atom. The van der Waals surface area contributed by atoms with Gasteiger partial charge in [-0.3, -0.25) is 4.79 Å². The Labute approximate surface area is 136 Å². The van der Waals surface area contributed by atoms with Crippen LogP contribution in [0.15, 0.2) is 58.3 Å². The van der Waals surface area contributed by atoms with Gasteiger partial charge in [-0.25, -0.2) is 16.8 Å². The van der Waals surface area contributed by atoms with E-state index >= 15 is 0 Å². The second kappa shape index (κ2) is 6.00. The molecule has 2 aromatic rings. The summed E-state index contributed by atoms with van der Waals surface area (Å²) in [5, 5.41) is 0. The molecule has 0 heterocycles. The summed E-state index contributed by atoms with van der Waals surface area (Å²) in [4.78, 5) is 10.9. The maximum absolute atomic E-state index is 12.4. The Morgan fingerprint density at radius 3 is 1.86 bits per heavy atom. The van der Waals surface area contributed by atoms with Crippen LogP contribution < -0.4 is 0 Å². The number of rotatable bonds is 4. The quantitative estimate of drug-likeness (QED) is 0.602. The summed E-state index contributed by atoms with van der Waals surface area (Å²) in [7, 11) is 1.62. The third-order valence-electron chi connectivity index (χ3n) is 2.77. The van der Waals surface area contributed by atoms with Crippen LogP contribution in [0.25, 0.3) is 0 Å². The van der Waals surface area contributed by atoms with E-state index in [1.165, 1.54) is 24.3 Å². The summed E-state index contributed by atoms with van der Waals surface area (Å²) in [5.74, 6) is -0.679. The van der Waals surface area contributed by atoms with Crippen molar-refractivity contribution in [1.29, 1.82) is 0 Å². The van der Waals surface area contributed by atoms with E-state index in [0.717, 1.165) is 6.07 Å². The van der Waals surface area contributed by atoms with E-state index in [9.17, 15) is 21.6 Å². The third-order valence-corrected chi connectivity index (χ3v) is 5.65. The normalized spacial score (nSPS) is 12.1. The van der Waals surface area contributed by atoms with Crippen molar-refractivity contribution in [2.45, 2.75) is 9.79 Å². The Morgan fingerprint density at radius 1 is 0.773 bits per heavy atom. The van der Waals surface area contributed by atoms with Crippen molar-refractivity contribution >= 4 is 45.2 Å². The largest absolute Gasteiger partial charge is 0.289 e. The minimum atomic E-state index is -4.51. The molecule has 0 amide bonds. The Kier molecular flexibility index (Phi) is 4.62. The molecule has 22 heavy (non-hydrogen) atoms. The highest BCUT2D eigenvalue weighted by Gasteiger charge is 2.30. The third kappa shape index (κ3) is 3.49. The first-order valence-corrected chi connectivity index (χ1v) is 10.4. The van der Waals surface area contributed by atoms with E-state index in [1.54, 1.807) is 18.2 Å². The van der Waals surface area contributed by atoms with Crippen LogP contribution in [0.5, 0.6) is 0 Å². The van der Waals surface area contributed by atoms with E-state index in [0.29, 0.717) is 0 Å². The highest BCUT2D eigenvalue weighted by Crippen LogP contribution is 2.31. The van der Waals surface area contributed by atoms with Gasteiger partial charge in [-0.1, -0.05) is 36.4 Å². The van der Waals surface area contributed by atoms with Gasteiger partial charge in [0, 0.05) is 32.5 Å². The highest BCUT2D eigenvalue weighted by molar-refractivity contribution is 8.16. The minimum Gasteiger partial charge on any atom is -0.289 e. The Bertz CT molecular complexity index is 936. The number of hydrogen-bond acceptors (Lipinski definition) is 5. The van der Waals surface area contributed by atoms with Gasteiger partial charge in [0.2, 0.25) is 0 Å². The average Bonchev–Trinajstić information content (AvgIpc) is 2.45. The van der Waals surface area contributed by atoms with Crippen LogP contribution in [0.2, 0.25) is 0 Å². The molecule has 0 bridgehead atoms. The fourth-order valence-electron chi connectivity index (χ4n) is 1.88. The molecule has 9 heteroatoms. The van der Waals surface area contributed by atoms with E-state index in [4.69, 9.17) is 21.4 Å². The van der Waals surface area contributed by atoms with Crippen molar-refractivity contribution < 1.29 is 21.6 Å². The van der Waals surface area contributed by atoms with Gasteiger partial charge in [0.15, 0.2) is 5.78 Å². The van der Waals surface area contributed by atoms with Gasteiger partial charge < -0.3 is 0 Å². The molecule has 0 fully saturated rings. The van der Waals surface area contributed by atoms with Crippen LogP contribution in [0.3, 0.4) is 0 Å². The van der Waals surface area contributed by atoms with E-state index in [2.05, 4.69) is 0 Å². The van der Waals surface area contributed by atoms with Crippen LogP contribution in [-0.4, -0.2) is 22.6 Å². The van der Waals surface area contributed by atoms with Gasteiger partial charge in [0.25, 0.3) is 18.1 Å². The molecular formula is C13H8Cl2O5S2. The minimum absolute atomic E-state index is 0.188. The zero-order chi connectivity index (χ0) is 16.5. The molecule has 5 nitrogen and oxygen atoms in total. The maximum Gasteiger partial charge on any atom is 0.263 e. The first-order chi connectivity index (χ1) is 10.1. The summed E-state index contributed by atoms with van der Waals surface area (Å²) in [6.07, 6.45) is 0. The van der Waals surface area contributed by atoms with Crippen molar-refractivity contribution in [3.05, 3.63) is 59.7 Å². The molecule has 0 atom stereocenters. The van der Waals surface area contributed by atoms with Crippen molar-refractivity contribution in [1.82, 2.24) is 0 Å². The van der Waals surface area contributed by atoms with Crippen molar-refractivity contribution in [2.75, 3.05) is 0 Å². The van der Waals surface area contributed by atoms with Crippen LogP contribution in [-0.2, 0) is 18.1 Å². The number of ketones is 1. The molecule has 0 unspecified atom stereocenters. The molecule has 0 aromatic heterocycles. The number of carbonyl (C=O) groups is 1. The molecule has 0 saturated heterocycles. The van der Waals surface area contributed by atoms with E-state index in [1.807, 2.05) is 0 Å². The molecule has 2 rings (SSSR count). The molecule has 0 radical (unpaired) electrons. The SMILES string of the molecule is O=C(c1ccccc1)c1cccc(S(=O)(=O)Cl)c1S(=O)(=O)Cl. The second-order valence-corrected chi connectivity index (χ2v) is 9.24. The smallest absolute Gasteiger partial charge is 0.263 e. The lowest BCUT2D eigenvalue weighted by molar-refractivity contribution is 0.103. The number of benzene rings is 2. The first-order valence-electron chi connectivity index (χ1n) is 5.74. The van der Waals surface area contributed by atoms with Crippen molar-refractivity contribution in [2.24, 2.45) is 0 Å². The Balaban J connectivity index is 2.81. The summed E-state index contributed by atoms with van der Waals surface area (Å²) in [6.45, 7) is 0. The number of hydrogen-bond donors (Lipinski definition) is 0. The fourth-order valence-corrected chi connectivity index (χ4v) is 5.00. The molecule has 116 valence electrons. The zero-order valence-electron chi connectivity index (χ0n) is 10.7. The van der Waals surface area contributed by atoms with Gasteiger partial charge in [0.05, 0.1) is 0 Å². The molecule has 0 aliphatic rings. The molecule has 2 aromatic carbocycles. The van der Waals surface area contributed by atoms with Crippen LogP contribution in [0.1, 0.15) is 15.9 Å². The number of halogens is 2. The summed E-state index contributed by atoms with van der Waals surface area (Å²) in [5.41, 5.74) is -0.170. The second-order valence-electron chi connectivity index (χ2n) is 4.20. The molecule has 0 N–H and O–H groups in total. The predicted octanol–water partition coefficient (Wildman–Crippen LogP) is 2.77. The van der Waals surface area contributed by atoms with Gasteiger partial charge in [-0.15, -0.1) is 0 Å². The van der Waals surface area contributed by atoms with Gasteiger partial charge in [0.1, 0.15) is 9.79 Å². The summed E-state index contributed by atoms with van der Waals surface area (Å²) >= 11 is 0. The van der Waals surface area contributed by atoms with Crippen LogP contribution in [0, 0.1) is 0 Å². The molecule has 0 spiro atoms. The Hall–Kier alpha value is -1.41.